The highest BCUT2D eigenvalue weighted by Crippen LogP contribution is 2.38. The molecule has 1 aliphatic rings. The summed E-state index contributed by atoms with van der Waals surface area (Å²) >= 11 is 0. The molecule has 184 valence electrons. The highest BCUT2D eigenvalue weighted by molar-refractivity contribution is 6.14. The first-order valence-electron chi connectivity index (χ1n) is 11.9. The zero-order valence-electron chi connectivity index (χ0n) is 20.5. The van der Waals surface area contributed by atoms with Gasteiger partial charge in [0.05, 0.1) is 11.6 Å². The van der Waals surface area contributed by atoms with Gasteiger partial charge in [-0.05, 0) is 49.0 Å². The van der Waals surface area contributed by atoms with Crippen LogP contribution in [0.1, 0.15) is 22.7 Å². The minimum absolute atomic E-state index is 0.0869. The summed E-state index contributed by atoms with van der Waals surface area (Å²) in [6.07, 6.45) is 3.10. The topological polar surface area (TPSA) is 70.1 Å². The quantitative estimate of drug-likeness (QED) is 0.420. The van der Waals surface area contributed by atoms with Gasteiger partial charge < -0.3 is 19.6 Å². The van der Waals surface area contributed by atoms with E-state index in [1.165, 1.54) is 6.08 Å². The number of rotatable bonds is 10. The van der Waals surface area contributed by atoms with Crippen molar-refractivity contribution in [3.8, 4) is 5.75 Å². The van der Waals surface area contributed by atoms with Crippen LogP contribution in [0.4, 0.5) is 0 Å². The largest absolute Gasteiger partial charge is 0.503 e. The van der Waals surface area contributed by atoms with Gasteiger partial charge in [-0.25, -0.2) is 0 Å². The molecule has 0 fully saturated rings. The van der Waals surface area contributed by atoms with Crippen LogP contribution in [0.5, 0.6) is 5.75 Å². The van der Waals surface area contributed by atoms with Crippen LogP contribution in [0.15, 0.2) is 102 Å². The Kier molecular flexibility index (Phi) is 7.98. The Morgan fingerprint density at radius 1 is 0.972 bits per heavy atom. The molecule has 0 saturated carbocycles. The third-order valence-electron chi connectivity index (χ3n) is 6.03. The average molecular weight is 483 g/mol. The van der Waals surface area contributed by atoms with Crippen LogP contribution >= 0.6 is 0 Å². The normalized spacial score (nSPS) is 15.8. The Balaban J connectivity index is 1.59. The zero-order valence-corrected chi connectivity index (χ0v) is 20.5. The Bertz CT molecular complexity index is 1250. The predicted octanol–water partition coefficient (Wildman–Crippen LogP) is 4.81. The van der Waals surface area contributed by atoms with Gasteiger partial charge in [-0.2, -0.15) is 0 Å². The fourth-order valence-electron chi connectivity index (χ4n) is 4.10. The summed E-state index contributed by atoms with van der Waals surface area (Å²) < 4.78 is 5.89. The monoisotopic (exact) mass is 482 g/mol. The number of amides is 1. The molecule has 1 heterocycles. The summed E-state index contributed by atoms with van der Waals surface area (Å²) in [6, 6.07) is 25.9. The third kappa shape index (κ3) is 5.90. The second-order valence-electron chi connectivity index (χ2n) is 8.92. The van der Waals surface area contributed by atoms with Crippen LogP contribution in [0.25, 0.3) is 6.08 Å². The molecule has 6 nitrogen and oxygen atoms in total. The van der Waals surface area contributed by atoms with Crippen molar-refractivity contribution in [3.05, 3.63) is 119 Å². The lowest BCUT2D eigenvalue weighted by molar-refractivity contribution is -0.129. The van der Waals surface area contributed by atoms with Crippen molar-refractivity contribution >= 4 is 17.8 Å². The molecule has 36 heavy (non-hydrogen) atoms. The molecular formula is C30H30N2O4. The summed E-state index contributed by atoms with van der Waals surface area (Å²) in [5.74, 6) is -0.753. The van der Waals surface area contributed by atoms with E-state index in [2.05, 4.69) is 0 Å². The molecular weight excluding hydrogens is 452 g/mol. The molecule has 1 aliphatic heterocycles. The van der Waals surface area contributed by atoms with E-state index in [-0.39, 0.29) is 5.57 Å². The zero-order chi connectivity index (χ0) is 25.5. The number of aliphatic hydroxyl groups excluding tert-OH is 1. The second-order valence-corrected chi connectivity index (χ2v) is 8.92. The van der Waals surface area contributed by atoms with E-state index in [1.54, 1.807) is 11.0 Å². The number of carbonyl (C=O) groups excluding carboxylic acids is 2. The Labute approximate surface area is 211 Å². The molecule has 1 unspecified atom stereocenters. The third-order valence-corrected chi connectivity index (χ3v) is 6.03. The number of hydrogen-bond acceptors (Lipinski definition) is 5. The van der Waals surface area contributed by atoms with Crippen LogP contribution in [0, 0.1) is 0 Å². The molecule has 3 aromatic rings. The van der Waals surface area contributed by atoms with Crippen molar-refractivity contribution in [2.45, 2.75) is 12.6 Å². The van der Waals surface area contributed by atoms with Crippen LogP contribution in [-0.2, 0) is 16.2 Å². The van der Waals surface area contributed by atoms with E-state index < -0.39 is 23.5 Å². The van der Waals surface area contributed by atoms with Crippen molar-refractivity contribution in [3.63, 3.8) is 0 Å². The van der Waals surface area contributed by atoms with Gasteiger partial charge in [-0.3, -0.25) is 9.59 Å². The first-order chi connectivity index (χ1) is 17.4. The number of carbonyl (C=O) groups is 2. The molecule has 0 spiro atoms. The van der Waals surface area contributed by atoms with Gasteiger partial charge in [0.15, 0.2) is 11.5 Å². The van der Waals surface area contributed by atoms with E-state index in [0.29, 0.717) is 25.4 Å². The molecule has 0 aromatic heterocycles. The van der Waals surface area contributed by atoms with E-state index in [9.17, 15) is 14.7 Å². The maximum Gasteiger partial charge on any atom is 0.290 e. The molecule has 0 saturated heterocycles. The van der Waals surface area contributed by atoms with Crippen LogP contribution < -0.4 is 4.74 Å². The number of hydrogen-bond donors (Lipinski definition) is 1. The summed E-state index contributed by atoms with van der Waals surface area (Å²) in [5, 5.41) is 10.8. The van der Waals surface area contributed by atoms with Gasteiger partial charge >= 0.3 is 0 Å². The molecule has 0 radical (unpaired) electrons. The molecule has 0 aliphatic carbocycles. The lowest BCUT2D eigenvalue weighted by Crippen LogP contribution is -2.36. The molecule has 6 heteroatoms. The minimum atomic E-state index is -0.687. The van der Waals surface area contributed by atoms with E-state index in [4.69, 9.17) is 4.74 Å². The maximum atomic E-state index is 13.2. The van der Waals surface area contributed by atoms with Crippen molar-refractivity contribution in [1.82, 2.24) is 9.80 Å². The van der Waals surface area contributed by atoms with Gasteiger partial charge in [-0.15, -0.1) is 0 Å². The summed E-state index contributed by atoms with van der Waals surface area (Å²) in [7, 11) is 3.83. The fourth-order valence-corrected chi connectivity index (χ4v) is 4.10. The van der Waals surface area contributed by atoms with Gasteiger partial charge in [0, 0.05) is 13.1 Å². The molecule has 4 rings (SSSR count). The first kappa shape index (κ1) is 24.9. The van der Waals surface area contributed by atoms with Gasteiger partial charge in [-0.1, -0.05) is 78.9 Å². The summed E-state index contributed by atoms with van der Waals surface area (Å²) in [4.78, 5) is 29.8. The minimum Gasteiger partial charge on any atom is -0.503 e. The van der Waals surface area contributed by atoms with Gasteiger partial charge in [0.1, 0.15) is 12.4 Å². The first-order valence-corrected chi connectivity index (χ1v) is 11.9. The van der Waals surface area contributed by atoms with Crippen LogP contribution in [-0.4, -0.2) is 53.8 Å². The smallest absolute Gasteiger partial charge is 0.290 e. The lowest BCUT2D eigenvalue weighted by atomic mass is 9.95. The molecule has 0 bridgehead atoms. The highest BCUT2D eigenvalue weighted by Gasteiger charge is 2.42. The van der Waals surface area contributed by atoms with Crippen LogP contribution in [0.3, 0.4) is 0 Å². The number of allylic oxidation sites excluding steroid dienone is 1. The molecule has 1 N–H and O–H groups in total. The maximum absolute atomic E-state index is 13.2. The number of ether oxygens (including phenoxy) is 1. The van der Waals surface area contributed by atoms with Crippen molar-refractivity contribution in [2.24, 2.45) is 0 Å². The van der Waals surface area contributed by atoms with Gasteiger partial charge in [0.25, 0.3) is 5.91 Å². The number of ketones is 1. The van der Waals surface area contributed by atoms with Crippen molar-refractivity contribution in [2.75, 3.05) is 27.2 Å². The SMILES string of the molecule is CN(C)CCN1C(=O)C(O)=C(C(=O)C=Cc2ccccc2)C1c1ccc(OCc2ccccc2)cc1. The number of benzene rings is 3. The van der Waals surface area contributed by atoms with E-state index in [0.717, 1.165) is 16.7 Å². The standard InChI is InChI=1S/C30H30N2O4/c1-31(2)19-20-32-28(24-14-16-25(17-15-24)36-21-23-11-7-4-8-12-23)27(29(34)30(32)35)26(33)18-13-22-9-5-3-6-10-22/h3-18,28,34H,19-21H2,1-2H3. The number of aliphatic hydroxyl groups is 1. The van der Waals surface area contributed by atoms with Crippen molar-refractivity contribution in [1.29, 1.82) is 0 Å². The highest BCUT2D eigenvalue weighted by atomic mass is 16.5. The molecule has 3 aromatic carbocycles. The Hall–Kier alpha value is -4.16. The number of likely N-dealkylation sites (N-methyl/N-ethyl adjacent to an activating group) is 1. The van der Waals surface area contributed by atoms with Gasteiger partial charge in [0.2, 0.25) is 0 Å². The Morgan fingerprint density at radius 3 is 2.25 bits per heavy atom. The summed E-state index contributed by atoms with van der Waals surface area (Å²) in [5.41, 5.74) is 2.73. The number of nitrogens with zero attached hydrogens (tertiary/aromatic N) is 2. The second kappa shape index (κ2) is 11.5. The fraction of sp³-hybridized carbons (Fsp3) is 0.200. The Morgan fingerprint density at radius 2 is 1.61 bits per heavy atom. The van der Waals surface area contributed by atoms with E-state index >= 15 is 0 Å². The molecule has 1 atom stereocenters. The molecule has 1 amide bonds. The van der Waals surface area contributed by atoms with Crippen molar-refractivity contribution < 1.29 is 19.4 Å². The summed E-state index contributed by atoms with van der Waals surface area (Å²) in [6.45, 7) is 1.40. The van der Waals surface area contributed by atoms with E-state index in [1.807, 2.05) is 104 Å². The average Bonchev–Trinajstić information content (AvgIpc) is 3.16. The van der Waals surface area contributed by atoms with Crippen LogP contribution in [0.2, 0.25) is 0 Å². The predicted molar refractivity (Wildman–Crippen MR) is 140 cm³/mol. The lowest BCUT2D eigenvalue weighted by Gasteiger charge is -2.28.